The molecule has 1 rings (SSSR count). The van der Waals surface area contributed by atoms with E-state index in [1.165, 1.54) is 19.2 Å². The summed E-state index contributed by atoms with van der Waals surface area (Å²) in [6.07, 6.45) is 0. The van der Waals surface area contributed by atoms with E-state index in [4.69, 9.17) is 20.2 Å². The van der Waals surface area contributed by atoms with E-state index in [9.17, 15) is 13.2 Å². The average molecular weight is 322 g/mol. The van der Waals surface area contributed by atoms with Gasteiger partial charge in [0.15, 0.2) is 6.61 Å². The minimum atomic E-state index is -3.93. The van der Waals surface area contributed by atoms with E-state index in [-0.39, 0.29) is 23.2 Å². The van der Waals surface area contributed by atoms with Crippen molar-refractivity contribution in [1.29, 1.82) is 0 Å². The molecule has 0 unspecified atom stereocenters. The molecule has 0 radical (unpaired) electrons. The van der Waals surface area contributed by atoms with Crippen LogP contribution < -0.4 is 10.1 Å². The molecule has 0 aliphatic heterocycles. The summed E-state index contributed by atoms with van der Waals surface area (Å²) in [6.45, 7) is 2.17. The predicted octanol–water partition coefficient (Wildman–Crippen LogP) is 1.06. The van der Waals surface area contributed by atoms with Gasteiger partial charge >= 0.3 is 0 Å². The van der Waals surface area contributed by atoms with Crippen LogP contribution in [0.4, 0.5) is 0 Å². The Morgan fingerprint density at radius 2 is 2.10 bits per heavy atom. The summed E-state index contributed by atoms with van der Waals surface area (Å²) in [7, 11) is 2.92. The minimum Gasteiger partial charge on any atom is -0.482 e. The van der Waals surface area contributed by atoms with Crippen LogP contribution in [0.15, 0.2) is 23.1 Å². The Bertz CT molecular complexity index is 573. The summed E-state index contributed by atoms with van der Waals surface area (Å²) >= 11 is 0. The number of rotatable bonds is 7. The highest BCUT2D eigenvalue weighted by Crippen LogP contribution is 2.27. The van der Waals surface area contributed by atoms with Gasteiger partial charge in [-0.3, -0.25) is 4.79 Å². The maximum Gasteiger partial charge on any atom is 0.264 e. The first-order valence-corrected chi connectivity index (χ1v) is 8.09. The number of halogens is 1. The molecule has 0 spiro atoms. The van der Waals surface area contributed by atoms with E-state index in [1.807, 2.05) is 0 Å². The fraction of sp³-hybridized carbons (Fsp3) is 0.417. The van der Waals surface area contributed by atoms with Gasteiger partial charge in [0.05, 0.1) is 6.61 Å². The van der Waals surface area contributed by atoms with Crippen LogP contribution in [0.3, 0.4) is 0 Å². The van der Waals surface area contributed by atoms with Crippen LogP contribution in [0.2, 0.25) is 0 Å². The topological polar surface area (TPSA) is 81.7 Å². The van der Waals surface area contributed by atoms with Gasteiger partial charge in [0.2, 0.25) is 0 Å². The van der Waals surface area contributed by atoms with Gasteiger partial charge in [-0.15, -0.1) is 0 Å². The van der Waals surface area contributed by atoms with Gasteiger partial charge in [-0.2, -0.15) is 0 Å². The molecule has 0 saturated carbocycles. The Morgan fingerprint density at radius 1 is 1.40 bits per heavy atom. The fourth-order valence-corrected chi connectivity index (χ4v) is 2.47. The summed E-state index contributed by atoms with van der Waals surface area (Å²) in [4.78, 5) is 11.3. The Labute approximate surface area is 122 Å². The molecule has 112 valence electrons. The predicted molar refractivity (Wildman–Crippen MR) is 74.6 cm³/mol. The lowest BCUT2D eigenvalue weighted by molar-refractivity contribution is -0.123. The van der Waals surface area contributed by atoms with E-state index < -0.39 is 9.05 Å². The number of methoxy groups -OCH3 is 1. The maximum absolute atomic E-state index is 11.4. The number of amides is 1. The Hall–Kier alpha value is -1.31. The monoisotopic (exact) mass is 321 g/mol. The minimum absolute atomic E-state index is 0.0486. The van der Waals surface area contributed by atoms with Crippen LogP contribution in [0.5, 0.6) is 5.75 Å². The molecule has 0 atom stereocenters. The molecule has 1 aromatic carbocycles. The normalized spacial score (nSPS) is 11.2. The second-order valence-corrected chi connectivity index (χ2v) is 6.55. The Balaban J connectivity index is 2.71. The van der Waals surface area contributed by atoms with E-state index in [2.05, 4.69) is 5.32 Å². The molecule has 20 heavy (non-hydrogen) atoms. The van der Waals surface area contributed by atoms with Gasteiger partial charge in [-0.05, 0) is 24.6 Å². The lowest BCUT2D eigenvalue weighted by Crippen LogP contribution is -2.31. The van der Waals surface area contributed by atoms with Crippen LogP contribution in [-0.4, -0.2) is 41.2 Å². The summed E-state index contributed by atoms with van der Waals surface area (Å²) in [5, 5.41) is 2.55. The van der Waals surface area contributed by atoms with Gasteiger partial charge in [0.1, 0.15) is 10.6 Å². The Kier molecular flexibility index (Phi) is 6.25. The first-order chi connectivity index (χ1) is 9.34. The Morgan fingerprint density at radius 3 is 2.70 bits per heavy atom. The molecule has 1 aromatic rings. The zero-order valence-corrected chi connectivity index (χ0v) is 12.8. The smallest absolute Gasteiger partial charge is 0.264 e. The van der Waals surface area contributed by atoms with Crippen molar-refractivity contribution in [2.75, 3.05) is 26.9 Å². The third kappa shape index (κ3) is 5.36. The SMILES string of the molecule is COCCNC(=O)COc1ccc(C)cc1S(=O)(=O)Cl. The second-order valence-electron chi connectivity index (χ2n) is 4.02. The van der Waals surface area contributed by atoms with Crippen molar-refractivity contribution < 1.29 is 22.7 Å². The number of carbonyl (C=O) groups excluding carboxylic acids is 1. The third-order valence-corrected chi connectivity index (χ3v) is 3.69. The van der Waals surface area contributed by atoms with Crippen molar-refractivity contribution in [2.45, 2.75) is 11.8 Å². The van der Waals surface area contributed by atoms with Crippen molar-refractivity contribution in [2.24, 2.45) is 0 Å². The molecular weight excluding hydrogens is 306 g/mol. The molecule has 0 fully saturated rings. The molecule has 8 heteroatoms. The van der Waals surface area contributed by atoms with Crippen LogP contribution in [0, 0.1) is 6.92 Å². The van der Waals surface area contributed by atoms with E-state index in [1.54, 1.807) is 13.0 Å². The zero-order chi connectivity index (χ0) is 15.2. The van der Waals surface area contributed by atoms with Crippen molar-refractivity contribution in [3.63, 3.8) is 0 Å². The first kappa shape index (κ1) is 16.7. The number of benzene rings is 1. The van der Waals surface area contributed by atoms with Gasteiger partial charge in [-0.25, -0.2) is 8.42 Å². The standard InChI is InChI=1S/C12H16ClNO5S/c1-9-3-4-10(11(7-9)20(13,16)17)19-8-12(15)14-5-6-18-2/h3-4,7H,5-6,8H2,1-2H3,(H,14,15). The molecule has 6 nitrogen and oxygen atoms in total. The lowest BCUT2D eigenvalue weighted by atomic mass is 10.2. The third-order valence-electron chi connectivity index (χ3n) is 2.35. The molecule has 0 aromatic heterocycles. The van der Waals surface area contributed by atoms with Gasteiger partial charge in [0, 0.05) is 24.3 Å². The van der Waals surface area contributed by atoms with Gasteiger partial charge in [0.25, 0.3) is 15.0 Å². The van der Waals surface area contributed by atoms with Gasteiger partial charge < -0.3 is 14.8 Å². The van der Waals surface area contributed by atoms with Crippen molar-refractivity contribution in [3.8, 4) is 5.75 Å². The molecule has 1 N–H and O–H groups in total. The zero-order valence-electron chi connectivity index (χ0n) is 11.2. The fourth-order valence-electron chi connectivity index (χ4n) is 1.41. The number of hydrogen-bond acceptors (Lipinski definition) is 5. The highest BCUT2D eigenvalue weighted by molar-refractivity contribution is 8.13. The van der Waals surface area contributed by atoms with E-state index in [0.717, 1.165) is 5.56 Å². The number of hydrogen-bond donors (Lipinski definition) is 1. The first-order valence-electron chi connectivity index (χ1n) is 5.78. The molecule has 0 aliphatic carbocycles. The molecule has 0 aliphatic rings. The molecule has 1 amide bonds. The largest absolute Gasteiger partial charge is 0.482 e. The van der Waals surface area contributed by atoms with E-state index in [0.29, 0.717) is 13.2 Å². The molecule has 0 heterocycles. The molecule has 0 saturated heterocycles. The maximum atomic E-state index is 11.4. The summed E-state index contributed by atoms with van der Waals surface area (Å²) in [5.41, 5.74) is 0.723. The average Bonchev–Trinajstić information content (AvgIpc) is 2.36. The van der Waals surface area contributed by atoms with Crippen molar-refractivity contribution >= 4 is 25.6 Å². The summed E-state index contributed by atoms with van der Waals surface area (Å²) < 4.78 is 32.8. The van der Waals surface area contributed by atoms with Crippen LogP contribution in [0.1, 0.15) is 5.56 Å². The summed E-state index contributed by atoms with van der Waals surface area (Å²) in [6, 6.07) is 4.53. The molecule has 0 bridgehead atoms. The van der Waals surface area contributed by atoms with Gasteiger partial charge in [-0.1, -0.05) is 6.07 Å². The van der Waals surface area contributed by atoms with Crippen LogP contribution >= 0.6 is 10.7 Å². The van der Waals surface area contributed by atoms with Crippen LogP contribution in [-0.2, 0) is 18.6 Å². The second kappa shape index (κ2) is 7.47. The van der Waals surface area contributed by atoms with Crippen molar-refractivity contribution in [3.05, 3.63) is 23.8 Å². The molecular formula is C12H16ClNO5S. The number of carbonyl (C=O) groups is 1. The van der Waals surface area contributed by atoms with Crippen molar-refractivity contribution in [1.82, 2.24) is 5.32 Å². The quantitative estimate of drug-likeness (QED) is 0.600. The highest BCUT2D eigenvalue weighted by Gasteiger charge is 2.17. The van der Waals surface area contributed by atoms with E-state index >= 15 is 0 Å². The summed E-state index contributed by atoms with van der Waals surface area (Å²) in [5.74, 6) is -0.326. The lowest BCUT2D eigenvalue weighted by Gasteiger charge is -2.10. The number of ether oxygens (including phenoxy) is 2. The number of nitrogens with one attached hydrogen (secondary N) is 1. The highest BCUT2D eigenvalue weighted by atomic mass is 35.7. The number of aryl methyl sites for hydroxylation is 1. The van der Waals surface area contributed by atoms with Crippen LogP contribution in [0.25, 0.3) is 0 Å².